The third-order valence-corrected chi connectivity index (χ3v) is 2.55. The normalized spacial score (nSPS) is 11.5. The molecule has 0 unspecified atom stereocenters. The van der Waals surface area contributed by atoms with E-state index in [0.717, 1.165) is 12.0 Å². The monoisotopic (exact) mass is 228 g/mol. The van der Waals surface area contributed by atoms with E-state index in [2.05, 4.69) is 0 Å². The van der Waals surface area contributed by atoms with Crippen LogP contribution in [0.15, 0.2) is 18.2 Å². The first-order valence-corrected chi connectivity index (χ1v) is 5.80. The molecular formula is C12H17FOS. The lowest BCUT2D eigenvalue weighted by Crippen LogP contribution is -2.09. The van der Waals surface area contributed by atoms with Crippen LogP contribution in [0.1, 0.15) is 33.3 Å². The van der Waals surface area contributed by atoms with Crippen molar-refractivity contribution < 1.29 is 8.57 Å². The van der Waals surface area contributed by atoms with E-state index in [1.165, 1.54) is 18.1 Å². The standard InChI is InChI=1S/C12H17FOS/c1-5-9-6-7-10(13)11(8-9)14-15-12(2,3)4/h6-8H,5H2,1-4H3. The van der Waals surface area contributed by atoms with Crippen molar-refractivity contribution in [3.63, 3.8) is 0 Å². The van der Waals surface area contributed by atoms with E-state index in [9.17, 15) is 4.39 Å². The second kappa shape index (κ2) is 4.88. The highest BCUT2D eigenvalue weighted by Gasteiger charge is 2.14. The zero-order valence-corrected chi connectivity index (χ0v) is 10.5. The van der Waals surface area contributed by atoms with E-state index in [0.29, 0.717) is 5.75 Å². The van der Waals surface area contributed by atoms with Gasteiger partial charge in [0.15, 0.2) is 11.6 Å². The zero-order valence-electron chi connectivity index (χ0n) is 9.63. The Balaban J connectivity index is 2.75. The summed E-state index contributed by atoms with van der Waals surface area (Å²) >= 11 is 1.28. The van der Waals surface area contributed by atoms with Gasteiger partial charge in [-0.1, -0.05) is 13.0 Å². The molecular weight excluding hydrogens is 211 g/mol. The molecule has 1 aromatic carbocycles. The topological polar surface area (TPSA) is 9.23 Å². The highest BCUT2D eigenvalue weighted by molar-refractivity contribution is 7.96. The predicted molar refractivity (Wildman–Crippen MR) is 63.8 cm³/mol. The van der Waals surface area contributed by atoms with Crippen molar-refractivity contribution in [2.75, 3.05) is 0 Å². The Bertz CT molecular complexity index is 331. The van der Waals surface area contributed by atoms with Gasteiger partial charge in [-0.15, -0.1) is 0 Å². The molecule has 0 heterocycles. The van der Waals surface area contributed by atoms with Crippen LogP contribution in [-0.2, 0) is 6.42 Å². The van der Waals surface area contributed by atoms with Gasteiger partial charge in [0.2, 0.25) is 0 Å². The summed E-state index contributed by atoms with van der Waals surface area (Å²) in [5, 5.41) is 0. The molecule has 0 fully saturated rings. The van der Waals surface area contributed by atoms with Crippen LogP contribution in [0.2, 0.25) is 0 Å². The Labute approximate surface area is 95.2 Å². The molecule has 0 radical (unpaired) electrons. The first-order valence-electron chi connectivity index (χ1n) is 5.06. The van der Waals surface area contributed by atoms with E-state index >= 15 is 0 Å². The molecule has 0 saturated carbocycles. The van der Waals surface area contributed by atoms with E-state index < -0.39 is 0 Å². The van der Waals surface area contributed by atoms with Crippen LogP contribution in [0.5, 0.6) is 5.75 Å². The van der Waals surface area contributed by atoms with Crippen molar-refractivity contribution in [2.45, 2.75) is 38.9 Å². The molecule has 0 spiro atoms. The molecule has 0 bridgehead atoms. The summed E-state index contributed by atoms with van der Waals surface area (Å²) in [5.74, 6) is 0.0261. The van der Waals surface area contributed by atoms with Crippen LogP contribution in [0.3, 0.4) is 0 Å². The van der Waals surface area contributed by atoms with Crippen molar-refractivity contribution in [1.82, 2.24) is 0 Å². The quantitative estimate of drug-likeness (QED) is 0.716. The maximum absolute atomic E-state index is 13.3. The van der Waals surface area contributed by atoms with Gasteiger partial charge in [0.05, 0.1) is 12.0 Å². The molecule has 1 aromatic rings. The first-order chi connectivity index (χ1) is 6.92. The van der Waals surface area contributed by atoms with Gasteiger partial charge >= 0.3 is 0 Å². The summed E-state index contributed by atoms with van der Waals surface area (Å²) in [6, 6.07) is 5.00. The summed E-state index contributed by atoms with van der Waals surface area (Å²) in [5.41, 5.74) is 1.08. The third kappa shape index (κ3) is 4.12. The molecule has 0 aliphatic carbocycles. The summed E-state index contributed by atoms with van der Waals surface area (Å²) in [6.07, 6.45) is 0.886. The van der Waals surface area contributed by atoms with E-state index in [4.69, 9.17) is 4.18 Å². The van der Waals surface area contributed by atoms with Gasteiger partial charge in [0.25, 0.3) is 0 Å². The molecule has 15 heavy (non-hydrogen) atoms. The van der Waals surface area contributed by atoms with Gasteiger partial charge in [-0.25, -0.2) is 4.39 Å². The number of rotatable bonds is 3. The van der Waals surface area contributed by atoms with E-state index in [1.807, 2.05) is 27.7 Å². The molecule has 3 heteroatoms. The highest BCUT2D eigenvalue weighted by Crippen LogP contribution is 2.29. The van der Waals surface area contributed by atoms with Gasteiger partial charge in [-0.2, -0.15) is 0 Å². The van der Waals surface area contributed by atoms with Crippen LogP contribution in [0.25, 0.3) is 0 Å². The Morgan fingerprint density at radius 2 is 2.00 bits per heavy atom. The number of benzene rings is 1. The average Bonchev–Trinajstić information content (AvgIpc) is 2.15. The Hall–Kier alpha value is -0.700. The van der Waals surface area contributed by atoms with Crippen molar-refractivity contribution in [3.8, 4) is 5.75 Å². The van der Waals surface area contributed by atoms with Gasteiger partial charge in [0.1, 0.15) is 0 Å². The van der Waals surface area contributed by atoms with E-state index in [1.54, 1.807) is 12.1 Å². The summed E-state index contributed by atoms with van der Waals surface area (Å²) in [7, 11) is 0. The second-order valence-electron chi connectivity index (χ2n) is 4.40. The van der Waals surface area contributed by atoms with Crippen molar-refractivity contribution in [3.05, 3.63) is 29.6 Å². The smallest absolute Gasteiger partial charge is 0.173 e. The van der Waals surface area contributed by atoms with E-state index in [-0.39, 0.29) is 10.6 Å². The minimum atomic E-state index is -0.302. The number of aryl methyl sites for hydroxylation is 1. The van der Waals surface area contributed by atoms with Crippen LogP contribution in [0.4, 0.5) is 4.39 Å². The fraction of sp³-hybridized carbons (Fsp3) is 0.500. The van der Waals surface area contributed by atoms with Gasteiger partial charge < -0.3 is 4.18 Å². The maximum Gasteiger partial charge on any atom is 0.173 e. The molecule has 0 saturated heterocycles. The van der Waals surface area contributed by atoms with Crippen molar-refractivity contribution in [2.24, 2.45) is 0 Å². The van der Waals surface area contributed by atoms with Crippen molar-refractivity contribution >= 4 is 12.0 Å². The summed E-state index contributed by atoms with van der Waals surface area (Å²) in [4.78, 5) is 0. The fourth-order valence-electron chi connectivity index (χ4n) is 1.00. The SMILES string of the molecule is CCc1ccc(F)c(OSC(C)(C)C)c1. The predicted octanol–water partition coefficient (Wildman–Crippen LogP) is 4.21. The number of hydrogen-bond donors (Lipinski definition) is 0. The Kier molecular flexibility index (Phi) is 4.03. The van der Waals surface area contributed by atoms with Crippen LogP contribution in [0, 0.1) is 5.82 Å². The van der Waals surface area contributed by atoms with Crippen LogP contribution < -0.4 is 4.18 Å². The van der Waals surface area contributed by atoms with Crippen molar-refractivity contribution in [1.29, 1.82) is 0 Å². The highest BCUT2D eigenvalue weighted by atomic mass is 32.2. The third-order valence-electron chi connectivity index (χ3n) is 1.79. The minimum Gasteiger partial charge on any atom is -0.422 e. The van der Waals surface area contributed by atoms with Crippen LogP contribution >= 0.6 is 12.0 Å². The lowest BCUT2D eigenvalue weighted by atomic mass is 10.1. The summed E-state index contributed by atoms with van der Waals surface area (Å²) < 4.78 is 18.7. The Morgan fingerprint density at radius 3 is 2.53 bits per heavy atom. The fourth-order valence-corrected chi connectivity index (χ4v) is 1.47. The first kappa shape index (κ1) is 12.4. The minimum absolute atomic E-state index is 0.0331. The number of halogens is 1. The molecule has 84 valence electrons. The van der Waals surface area contributed by atoms with Gasteiger partial charge in [0, 0.05) is 4.75 Å². The molecule has 0 N–H and O–H groups in total. The van der Waals surface area contributed by atoms with Gasteiger partial charge in [-0.3, -0.25) is 0 Å². The molecule has 0 aliphatic rings. The maximum atomic E-state index is 13.3. The van der Waals surface area contributed by atoms with Crippen LogP contribution in [-0.4, -0.2) is 4.75 Å². The lowest BCUT2D eigenvalue weighted by molar-refractivity contribution is 0.532. The molecule has 0 aliphatic heterocycles. The molecule has 1 nitrogen and oxygen atoms in total. The molecule has 0 amide bonds. The second-order valence-corrected chi connectivity index (χ2v) is 5.96. The lowest BCUT2D eigenvalue weighted by Gasteiger charge is -2.17. The Morgan fingerprint density at radius 1 is 1.33 bits per heavy atom. The largest absolute Gasteiger partial charge is 0.422 e. The number of hydrogen-bond acceptors (Lipinski definition) is 2. The molecule has 0 atom stereocenters. The average molecular weight is 228 g/mol. The zero-order chi connectivity index (χ0) is 11.5. The van der Waals surface area contributed by atoms with Gasteiger partial charge in [-0.05, 0) is 44.9 Å². The molecule has 1 rings (SSSR count). The summed E-state index contributed by atoms with van der Waals surface area (Å²) in [6.45, 7) is 8.12. The molecule has 0 aromatic heterocycles.